The van der Waals surface area contributed by atoms with Gasteiger partial charge in [0, 0.05) is 104 Å². The molecule has 0 bridgehead atoms. The minimum atomic E-state index is 0.634. The average Bonchev–Trinajstić information content (AvgIpc) is 4.07. The Hall–Kier alpha value is -7.68. The van der Waals surface area contributed by atoms with Gasteiger partial charge in [-0.1, -0.05) is 127 Å². The molecule has 0 unspecified atom stereocenters. The summed E-state index contributed by atoms with van der Waals surface area (Å²) >= 11 is 5.49. The van der Waals surface area contributed by atoms with E-state index in [0.717, 1.165) is 49.8 Å². The summed E-state index contributed by atoms with van der Waals surface area (Å²) < 4.78 is 7.57. The first kappa shape index (κ1) is 36.8. The molecule has 0 fully saturated rings. The maximum atomic E-state index is 5.34. The standard InChI is InChI=1S/C58H32N4S3/c1-2-12-34(13-3-1)54-45-32-42(55-53(41-17-7-11-21-49(41)65-55)52(45)40-16-4-8-18-46(40)59-54)33-22-24-35(25-23-33)56-60-57(36-26-28-50-43(30-36)38-14-5-9-19-47(38)63-50)62-58(61-56)37-27-29-51-44(31-37)39-15-6-10-20-48(39)64-51/h1-32H. The van der Waals surface area contributed by atoms with Gasteiger partial charge < -0.3 is 0 Å². The van der Waals surface area contributed by atoms with Crippen molar-refractivity contribution in [2.45, 2.75) is 0 Å². The van der Waals surface area contributed by atoms with Gasteiger partial charge in [-0.05, 0) is 72.3 Å². The predicted octanol–water partition coefficient (Wildman–Crippen LogP) is 17.0. The van der Waals surface area contributed by atoms with Crippen LogP contribution in [0.25, 0.3) is 139 Å². The average molecular weight is 881 g/mol. The molecule has 0 spiro atoms. The molecular weight excluding hydrogens is 849 g/mol. The molecule has 0 aliphatic carbocycles. The van der Waals surface area contributed by atoms with Crippen LogP contribution in [0.2, 0.25) is 0 Å². The van der Waals surface area contributed by atoms with Gasteiger partial charge in [0.2, 0.25) is 0 Å². The highest BCUT2D eigenvalue weighted by Gasteiger charge is 2.21. The van der Waals surface area contributed by atoms with E-state index >= 15 is 0 Å². The maximum absolute atomic E-state index is 5.34. The molecule has 0 amide bonds. The third-order valence-electron chi connectivity index (χ3n) is 12.7. The molecule has 302 valence electrons. The van der Waals surface area contributed by atoms with Crippen LogP contribution in [0.5, 0.6) is 0 Å². The van der Waals surface area contributed by atoms with Crippen molar-refractivity contribution < 1.29 is 0 Å². The number of pyridine rings is 1. The molecule has 0 saturated heterocycles. The van der Waals surface area contributed by atoms with Gasteiger partial charge in [0.05, 0.1) is 11.2 Å². The fraction of sp³-hybridized carbons (Fsp3) is 0. The van der Waals surface area contributed by atoms with E-state index in [1.54, 1.807) is 0 Å². The summed E-state index contributed by atoms with van der Waals surface area (Å²) in [6.07, 6.45) is 0. The molecule has 14 aromatic rings. The smallest absolute Gasteiger partial charge is 0.164 e. The van der Waals surface area contributed by atoms with Gasteiger partial charge in [-0.2, -0.15) is 0 Å². The van der Waals surface area contributed by atoms with Crippen molar-refractivity contribution in [2.75, 3.05) is 0 Å². The van der Waals surface area contributed by atoms with Gasteiger partial charge in [-0.25, -0.2) is 19.9 Å². The van der Waals surface area contributed by atoms with E-state index in [0.29, 0.717) is 17.5 Å². The first-order chi connectivity index (χ1) is 32.2. The van der Waals surface area contributed by atoms with Gasteiger partial charge in [0.25, 0.3) is 0 Å². The van der Waals surface area contributed by atoms with Crippen molar-refractivity contribution in [3.63, 3.8) is 0 Å². The number of rotatable bonds is 5. The Morgan fingerprint density at radius 2 is 0.754 bits per heavy atom. The lowest BCUT2D eigenvalue weighted by atomic mass is 9.92. The highest BCUT2D eigenvalue weighted by atomic mass is 32.1. The highest BCUT2D eigenvalue weighted by Crippen LogP contribution is 2.48. The van der Waals surface area contributed by atoms with Gasteiger partial charge in [0.1, 0.15) is 0 Å². The second-order valence-electron chi connectivity index (χ2n) is 16.5. The lowest BCUT2D eigenvalue weighted by Crippen LogP contribution is -2.00. The molecule has 0 atom stereocenters. The Labute approximate surface area is 384 Å². The van der Waals surface area contributed by atoms with Crippen LogP contribution in [0.4, 0.5) is 0 Å². The lowest BCUT2D eigenvalue weighted by Gasteiger charge is -2.15. The van der Waals surface area contributed by atoms with E-state index in [-0.39, 0.29) is 0 Å². The quantitative estimate of drug-likeness (QED) is 0.162. The Kier molecular flexibility index (Phi) is 8.16. The summed E-state index contributed by atoms with van der Waals surface area (Å²) in [5, 5.41) is 11.0. The third kappa shape index (κ3) is 5.87. The van der Waals surface area contributed by atoms with E-state index in [1.165, 1.54) is 71.5 Å². The fourth-order valence-electron chi connectivity index (χ4n) is 9.65. The Morgan fingerprint density at radius 1 is 0.277 bits per heavy atom. The molecule has 0 radical (unpaired) electrons. The second-order valence-corrected chi connectivity index (χ2v) is 19.7. The van der Waals surface area contributed by atoms with Crippen LogP contribution in [0.15, 0.2) is 194 Å². The third-order valence-corrected chi connectivity index (χ3v) is 16.2. The van der Waals surface area contributed by atoms with Gasteiger partial charge in [-0.3, -0.25) is 0 Å². The molecular formula is C58H32N4S3. The molecule has 9 aromatic carbocycles. The van der Waals surface area contributed by atoms with Crippen molar-refractivity contribution in [2.24, 2.45) is 0 Å². The summed E-state index contributed by atoms with van der Waals surface area (Å²) in [6, 6.07) is 69.6. The van der Waals surface area contributed by atoms with E-state index < -0.39 is 0 Å². The summed E-state index contributed by atoms with van der Waals surface area (Å²) in [4.78, 5) is 21.1. The summed E-state index contributed by atoms with van der Waals surface area (Å²) in [6.45, 7) is 0. The van der Waals surface area contributed by atoms with Crippen LogP contribution >= 0.6 is 34.0 Å². The van der Waals surface area contributed by atoms with Crippen LogP contribution in [-0.2, 0) is 0 Å². The SMILES string of the molecule is c1ccc(-c2nc3ccccc3c3c2cc(-c2ccc(-c4nc(-c5ccc6sc7ccccc7c6c5)nc(-c5ccc6sc7ccccc7c6c5)n4)cc2)c2sc4ccccc4c23)cc1. The molecule has 4 nitrogen and oxygen atoms in total. The molecule has 0 aliphatic rings. The number of nitrogens with zero attached hydrogens (tertiary/aromatic N) is 4. The number of fused-ring (bicyclic) bond motifs is 13. The zero-order valence-electron chi connectivity index (χ0n) is 34.5. The van der Waals surface area contributed by atoms with Crippen molar-refractivity contribution in [1.29, 1.82) is 0 Å². The zero-order valence-corrected chi connectivity index (χ0v) is 36.9. The number of thiophene rings is 3. The number of para-hydroxylation sites is 1. The minimum Gasteiger partial charge on any atom is -0.247 e. The van der Waals surface area contributed by atoms with Crippen molar-refractivity contribution >= 4 is 116 Å². The van der Waals surface area contributed by atoms with E-state index in [1.807, 2.05) is 34.0 Å². The Balaban J connectivity index is 0.966. The number of aromatic nitrogens is 4. The topological polar surface area (TPSA) is 51.6 Å². The predicted molar refractivity (Wildman–Crippen MR) is 278 cm³/mol. The van der Waals surface area contributed by atoms with Gasteiger partial charge in [-0.15, -0.1) is 34.0 Å². The lowest BCUT2D eigenvalue weighted by molar-refractivity contribution is 1.08. The first-order valence-corrected chi connectivity index (χ1v) is 24.1. The largest absolute Gasteiger partial charge is 0.247 e. The van der Waals surface area contributed by atoms with E-state index in [9.17, 15) is 0 Å². The molecule has 7 heteroatoms. The normalized spacial score (nSPS) is 12.0. The first-order valence-electron chi connectivity index (χ1n) is 21.6. The van der Waals surface area contributed by atoms with Crippen molar-refractivity contribution in [3.8, 4) is 56.5 Å². The summed E-state index contributed by atoms with van der Waals surface area (Å²) in [7, 11) is 0. The van der Waals surface area contributed by atoms with Crippen LogP contribution < -0.4 is 0 Å². The number of benzene rings is 9. The maximum Gasteiger partial charge on any atom is 0.164 e. The fourth-order valence-corrected chi connectivity index (χ4v) is 13.1. The molecule has 5 aromatic heterocycles. The van der Waals surface area contributed by atoms with Gasteiger partial charge in [0.15, 0.2) is 17.5 Å². The zero-order chi connectivity index (χ0) is 42.6. The minimum absolute atomic E-state index is 0.634. The van der Waals surface area contributed by atoms with Crippen molar-refractivity contribution in [1.82, 2.24) is 19.9 Å². The van der Waals surface area contributed by atoms with Crippen LogP contribution in [0.3, 0.4) is 0 Å². The molecule has 0 aliphatic heterocycles. The van der Waals surface area contributed by atoms with E-state index in [4.69, 9.17) is 19.9 Å². The highest BCUT2D eigenvalue weighted by molar-refractivity contribution is 7.27. The summed E-state index contributed by atoms with van der Waals surface area (Å²) in [5.41, 5.74) is 8.23. The molecule has 5 heterocycles. The Morgan fingerprint density at radius 3 is 1.38 bits per heavy atom. The molecule has 0 N–H and O–H groups in total. The van der Waals surface area contributed by atoms with Crippen LogP contribution in [0.1, 0.15) is 0 Å². The van der Waals surface area contributed by atoms with Gasteiger partial charge >= 0.3 is 0 Å². The molecule has 65 heavy (non-hydrogen) atoms. The Bertz CT molecular complexity index is 4110. The monoisotopic (exact) mass is 880 g/mol. The van der Waals surface area contributed by atoms with Crippen molar-refractivity contribution in [3.05, 3.63) is 194 Å². The van der Waals surface area contributed by atoms with Crippen LogP contribution in [-0.4, -0.2) is 19.9 Å². The summed E-state index contributed by atoms with van der Waals surface area (Å²) in [5.74, 6) is 1.93. The molecule has 14 rings (SSSR count). The number of hydrogen-bond donors (Lipinski definition) is 0. The number of hydrogen-bond acceptors (Lipinski definition) is 7. The van der Waals surface area contributed by atoms with E-state index in [2.05, 4.69) is 194 Å². The second kappa shape index (κ2) is 14.4. The molecule has 0 saturated carbocycles. The van der Waals surface area contributed by atoms with Crippen LogP contribution in [0, 0.1) is 0 Å².